The third-order valence-electron chi connectivity index (χ3n) is 6.56. The van der Waals surface area contributed by atoms with Crippen molar-refractivity contribution in [2.75, 3.05) is 6.61 Å². The smallest absolute Gasteiger partial charge is 0.417 e. The first-order valence-corrected chi connectivity index (χ1v) is 12.7. The first-order valence-electron chi connectivity index (χ1n) is 11.9. The van der Waals surface area contributed by atoms with Gasteiger partial charge in [-0.15, -0.1) is 0 Å². The Kier molecular flexibility index (Phi) is 8.57. The fourth-order valence-corrected chi connectivity index (χ4v) is 5.55. The van der Waals surface area contributed by atoms with E-state index in [1.165, 1.54) is 6.08 Å². The van der Waals surface area contributed by atoms with E-state index in [1.54, 1.807) is 13.8 Å². The standard InChI is InChI=1S/C26H34BrNO7/c1-16(2)22-25(3,4)35-24(32)28(22)23(31)18(14-17-10-6-5-7-11-17)21-19(30)15-20(27)26(33,34-21)12-8-9-13-29/h5-7,10-11,15-16,18,21-22,29,33H,8-9,12-14H2,1-4H3. The number of rotatable bonds is 9. The fraction of sp³-hybridized carbons (Fsp3) is 0.577. The Balaban J connectivity index is 2.01. The van der Waals surface area contributed by atoms with Crippen LogP contribution in [0.1, 0.15) is 52.5 Å². The third kappa shape index (κ3) is 5.85. The molecule has 35 heavy (non-hydrogen) atoms. The number of unbranched alkanes of at least 4 members (excludes halogenated alkanes) is 1. The van der Waals surface area contributed by atoms with Crippen LogP contribution >= 0.6 is 15.9 Å². The number of ether oxygens (including phenoxy) is 2. The lowest BCUT2D eigenvalue weighted by Crippen LogP contribution is -2.55. The van der Waals surface area contributed by atoms with Gasteiger partial charge in [0.25, 0.3) is 0 Å². The second-order valence-electron chi connectivity index (χ2n) is 10.1. The Bertz CT molecular complexity index is 977. The topological polar surface area (TPSA) is 113 Å². The Morgan fingerprint density at radius 1 is 1.17 bits per heavy atom. The molecule has 1 aromatic rings. The van der Waals surface area contributed by atoms with Crippen molar-refractivity contribution >= 4 is 33.7 Å². The summed E-state index contributed by atoms with van der Waals surface area (Å²) in [7, 11) is 0. The molecule has 0 aliphatic carbocycles. The molecule has 2 N–H and O–H groups in total. The minimum absolute atomic E-state index is 0.0433. The molecule has 2 heterocycles. The fourth-order valence-electron chi connectivity index (χ4n) is 5.04. The van der Waals surface area contributed by atoms with E-state index in [4.69, 9.17) is 14.6 Å². The predicted molar refractivity (Wildman–Crippen MR) is 132 cm³/mol. The highest BCUT2D eigenvalue weighted by Gasteiger charge is 2.55. The second kappa shape index (κ2) is 10.9. The van der Waals surface area contributed by atoms with Crippen molar-refractivity contribution in [1.82, 2.24) is 4.90 Å². The van der Waals surface area contributed by atoms with Gasteiger partial charge in [0.05, 0.1) is 16.4 Å². The molecule has 0 spiro atoms. The largest absolute Gasteiger partial charge is 0.441 e. The summed E-state index contributed by atoms with van der Waals surface area (Å²) in [5.74, 6) is -4.05. The van der Waals surface area contributed by atoms with E-state index < -0.39 is 47.2 Å². The normalized spacial score (nSPS) is 27.1. The average molecular weight is 552 g/mol. The van der Waals surface area contributed by atoms with Crippen LogP contribution in [0, 0.1) is 11.8 Å². The van der Waals surface area contributed by atoms with Crippen molar-refractivity contribution in [2.45, 2.75) is 76.9 Å². The summed E-state index contributed by atoms with van der Waals surface area (Å²) in [5.41, 5.74) is -0.114. The summed E-state index contributed by atoms with van der Waals surface area (Å²) < 4.78 is 11.7. The van der Waals surface area contributed by atoms with Crippen molar-refractivity contribution in [1.29, 1.82) is 0 Å². The van der Waals surface area contributed by atoms with E-state index in [2.05, 4.69) is 15.9 Å². The SMILES string of the molecule is CC(C)C1N(C(=O)C(Cc2ccccc2)C2OC(O)(CCCCO)C(Br)=CC2=O)C(=O)OC1(C)C. The number of amides is 2. The number of carbonyl (C=O) groups excluding carboxylic acids is 3. The first kappa shape index (κ1) is 27.5. The van der Waals surface area contributed by atoms with Crippen LogP contribution in [0.5, 0.6) is 0 Å². The average Bonchev–Trinajstić information content (AvgIpc) is 3.03. The van der Waals surface area contributed by atoms with Crippen LogP contribution < -0.4 is 0 Å². The Morgan fingerprint density at radius 2 is 1.83 bits per heavy atom. The molecule has 192 valence electrons. The number of hydrogen-bond donors (Lipinski definition) is 2. The summed E-state index contributed by atoms with van der Waals surface area (Å²) in [6, 6.07) is 8.62. The molecular weight excluding hydrogens is 518 g/mol. The Hall–Kier alpha value is -2.07. The van der Waals surface area contributed by atoms with E-state index in [-0.39, 0.29) is 29.8 Å². The molecule has 0 bridgehead atoms. The maximum atomic E-state index is 14.0. The van der Waals surface area contributed by atoms with Crippen LogP contribution in [0.15, 0.2) is 40.9 Å². The first-order chi connectivity index (χ1) is 16.4. The van der Waals surface area contributed by atoms with Crippen LogP contribution in [-0.4, -0.2) is 63.0 Å². The Labute approximate surface area is 214 Å². The van der Waals surface area contributed by atoms with Crippen molar-refractivity contribution in [3.05, 3.63) is 46.5 Å². The maximum Gasteiger partial charge on any atom is 0.417 e. The molecule has 4 unspecified atom stereocenters. The van der Waals surface area contributed by atoms with E-state index in [9.17, 15) is 19.5 Å². The highest BCUT2D eigenvalue weighted by atomic mass is 79.9. The van der Waals surface area contributed by atoms with Crippen LogP contribution in [-0.2, 0) is 25.5 Å². The lowest BCUT2D eigenvalue weighted by Gasteiger charge is -2.39. The minimum atomic E-state index is -1.83. The van der Waals surface area contributed by atoms with Crippen LogP contribution in [0.4, 0.5) is 4.79 Å². The van der Waals surface area contributed by atoms with Gasteiger partial charge in [-0.25, -0.2) is 9.69 Å². The summed E-state index contributed by atoms with van der Waals surface area (Å²) >= 11 is 3.24. The molecule has 2 aliphatic rings. The summed E-state index contributed by atoms with van der Waals surface area (Å²) in [5, 5.41) is 20.3. The van der Waals surface area contributed by atoms with Crippen LogP contribution in [0.25, 0.3) is 0 Å². The lowest BCUT2D eigenvalue weighted by atomic mass is 9.85. The van der Waals surface area contributed by atoms with Gasteiger partial charge in [0, 0.05) is 13.0 Å². The molecule has 0 aromatic heterocycles. The molecule has 0 saturated carbocycles. The van der Waals surface area contributed by atoms with Gasteiger partial charge in [0.1, 0.15) is 11.7 Å². The van der Waals surface area contributed by atoms with Gasteiger partial charge in [0.2, 0.25) is 5.91 Å². The molecule has 9 heteroatoms. The lowest BCUT2D eigenvalue weighted by molar-refractivity contribution is -0.218. The van der Waals surface area contributed by atoms with Gasteiger partial charge in [-0.2, -0.15) is 0 Å². The summed E-state index contributed by atoms with van der Waals surface area (Å²) in [4.78, 5) is 41.1. The van der Waals surface area contributed by atoms with Crippen molar-refractivity contribution < 1.29 is 34.1 Å². The van der Waals surface area contributed by atoms with Gasteiger partial charge in [-0.1, -0.05) is 44.2 Å². The Morgan fingerprint density at radius 3 is 2.43 bits per heavy atom. The van der Waals surface area contributed by atoms with Gasteiger partial charge in [-0.05, 0) is 66.6 Å². The van der Waals surface area contributed by atoms with E-state index in [0.29, 0.717) is 12.8 Å². The molecule has 2 aliphatic heterocycles. The zero-order valence-electron chi connectivity index (χ0n) is 20.6. The monoisotopic (exact) mass is 551 g/mol. The number of carbonyl (C=O) groups is 3. The number of imide groups is 1. The van der Waals surface area contributed by atoms with Gasteiger partial charge in [0.15, 0.2) is 11.6 Å². The van der Waals surface area contributed by atoms with E-state index in [0.717, 1.165) is 10.5 Å². The molecule has 4 atom stereocenters. The zero-order valence-corrected chi connectivity index (χ0v) is 22.2. The van der Waals surface area contributed by atoms with Crippen molar-refractivity contribution in [3.8, 4) is 0 Å². The highest BCUT2D eigenvalue weighted by molar-refractivity contribution is 9.11. The number of aliphatic hydroxyl groups is 2. The number of nitrogens with zero attached hydrogens (tertiary/aromatic N) is 1. The van der Waals surface area contributed by atoms with Crippen LogP contribution in [0.2, 0.25) is 0 Å². The molecule has 1 aromatic carbocycles. The molecule has 3 rings (SSSR count). The number of cyclic esters (lactones) is 1. The number of benzene rings is 1. The molecule has 1 fully saturated rings. The number of ketones is 1. The van der Waals surface area contributed by atoms with Crippen molar-refractivity contribution in [2.24, 2.45) is 11.8 Å². The highest BCUT2D eigenvalue weighted by Crippen LogP contribution is 2.40. The predicted octanol–water partition coefficient (Wildman–Crippen LogP) is 3.73. The van der Waals surface area contributed by atoms with Gasteiger partial charge < -0.3 is 19.7 Å². The number of hydrogen-bond acceptors (Lipinski definition) is 7. The third-order valence-corrected chi connectivity index (χ3v) is 7.40. The van der Waals surface area contributed by atoms with Gasteiger partial charge >= 0.3 is 6.09 Å². The minimum Gasteiger partial charge on any atom is -0.441 e. The molecule has 1 saturated heterocycles. The molecule has 2 amide bonds. The quantitative estimate of drug-likeness (QED) is 0.449. The molecule has 8 nitrogen and oxygen atoms in total. The van der Waals surface area contributed by atoms with Gasteiger partial charge in [-0.3, -0.25) is 9.59 Å². The number of aliphatic hydroxyl groups excluding tert-OH is 1. The molecule has 0 radical (unpaired) electrons. The van der Waals surface area contributed by atoms with E-state index >= 15 is 0 Å². The summed E-state index contributed by atoms with van der Waals surface area (Å²) in [6.07, 6.45) is 0.308. The second-order valence-corrected chi connectivity index (χ2v) is 10.9. The molecular formula is C26H34BrNO7. The zero-order chi connectivity index (χ0) is 26.0. The van der Waals surface area contributed by atoms with E-state index in [1.807, 2.05) is 44.2 Å². The van der Waals surface area contributed by atoms with Crippen LogP contribution in [0.3, 0.4) is 0 Å². The maximum absolute atomic E-state index is 14.0. The number of halogens is 1. The van der Waals surface area contributed by atoms with Crippen molar-refractivity contribution in [3.63, 3.8) is 0 Å². The summed E-state index contributed by atoms with van der Waals surface area (Å²) in [6.45, 7) is 7.29.